The van der Waals surface area contributed by atoms with Crippen molar-refractivity contribution in [3.05, 3.63) is 29.3 Å². The summed E-state index contributed by atoms with van der Waals surface area (Å²) in [7, 11) is 0. The molecule has 1 aromatic carbocycles. The van der Waals surface area contributed by atoms with Gasteiger partial charge in [0.1, 0.15) is 0 Å². The molecule has 0 heterocycles. The fourth-order valence-electron chi connectivity index (χ4n) is 2.28. The van der Waals surface area contributed by atoms with Crippen LogP contribution >= 0.6 is 0 Å². The number of nitrogens with one attached hydrogen (secondary N) is 1. The van der Waals surface area contributed by atoms with Crippen LogP contribution in [0.5, 0.6) is 0 Å². The predicted molar refractivity (Wildman–Crippen MR) is 77.0 cm³/mol. The molecule has 0 spiro atoms. The molecule has 0 fully saturated rings. The second-order valence-electron chi connectivity index (χ2n) is 5.14. The van der Waals surface area contributed by atoms with Crippen molar-refractivity contribution in [1.29, 1.82) is 0 Å². The number of carbonyl (C=O) groups excluding carboxylic acids is 3. The van der Waals surface area contributed by atoms with Gasteiger partial charge in [-0.15, -0.1) is 0 Å². The van der Waals surface area contributed by atoms with E-state index in [4.69, 9.17) is 0 Å². The largest absolute Gasteiger partial charge is 0.545 e. The number of anilines is 1. The average Bonchev–Trinajstić information content (AvgIpc) is 2.46. The molecule has 0 radical (unpaired) electrons. The Labute approximate surface area is 129 Å². The molecule has 22 heavy (non-hydrogen) atoms. The number of rotatable bonds is 8. The lowest BCUT2D eigenvalue weighted by atomic mass is 9.97. The predicted octanol–water partition coefficient (Wildman–Crippen LogP) is 0.568. The molecular weight excluding hydrogens is 286 g/mol. The number of carboxylic acids is 2. The van der Waals surface area contributed by atoms with Gasteiger partial charge in [0, 0.05) is 11.6 Å². The van der Waals surface area contributed by atoms with Crippen LogP contribution in [0.25, 0.3) is 0 Å². The quantitative estimate of drug-likeness (QED) is 0.755. The van der Waals surface area contributed by atoms with Crippen LogP contribution in [0.2, 0.25) is 0 Å². The minimum atomic E-state index is -1.52. The third-order valence-electron chi connectivity index (χ3n) is 3.32. The molecule has 0 aliphatic rings. The Balaban J connectivity index is 3.02. The average molecular weight is 305 g/mol. The molecule has 1 N–H and O–H groups in total. The summed E-state index contributed by atoms with van der Waals surface area (Å²) >= 11 is 0. The molecule has 0 aliphatic carbocycles. The van der Waals surface area contributed by atoms with Crippen LogP contribution in [0.4, 0.5) is 5.69 Å². The van der Waals surface area contributed by atoms with Crippen LogP contribution < -0.4 is 15.5 Å². The molecular formula is C16H19NO5-2. The Kier molecular flexibility index (Phi) is 6.56. The highest BCUT2D eigenvalue weighted by atomic mass is 16.4. The van der Waals surface area contributed by atoms with Gasteiger partial charge in [-0.2, -0.15) is 0 Å². The molecule has 6 heteroatoms. The monoisotopic (exact) mass is 305 g/mol. The summed E-state index contributed by atoms with van der Waals surface area (Å²) in [6.07, 6.45) is 3.13. The molecule has 0 saturated carbocycles. The Morgan fingerprint density at radius 2 is 1.41 bits per heavy atom. The smallest absolute Gasteiger partial charge is 0.227 e. The standard InChI is InChI=1S/C16H21NO5/c1-3-5-10(6-4-2)14(18)17-13-8-11(15(19)20)7-12(9-13)16(21)22/h7-10H,3-6H2,1-2H3,(H,17,18)(H,19,20)(H,21,22)/p-2. The molecule has 120 valence electrons. The van der Waals surface area contributed by atoms with Crippen molar-refractivity contribution in [3.8, 4) is 0 Å². The molecule has 0 unspecified atom stereocenters. The van der Waals surface area contributed by atoms with Crippen molar-refractivity contribution in [1.82, 2.24) is 0 Å². The van der Waals surface area contributed by atoms with Gasteiger partial charge in [-0.25, -0.2) is 0 Å². The van der Waals surface area contributed by atoms with E-state index in [1.54, 1.807) is 0 Å². The van der Waals surface area contributed by atoms with E-state index >= 15 is 0 Å². The molecule has 1 aromatic rings. The lowest BCUT2D eigenvalue weighted by Gasteiger charge is -2.17. The van der Waals surface area contributed by atoms with Crippen molar-refractivity contribution in [3.63, 3.8) is 0 Å². The van der Waals surface area contributed by atoms with Crippen LogP contribution in [0.1, 0.15) is 60.2 Å². The van der Waals surface area contributed by atoms with E-state index in [0.717, 1.165) is 18.9 Å². The van der Waals surface area contributed by atoms with E-state index < -0.39 is 11.9 Å². The van der Waals surface area contributed by atoms with Crippen LogP contribution in [0.15, 0.2) is 18.2 Å². The second-order valence-corrected chi connectivity index (χ2v) is 5.14. The van der Waals surface area contributed by atoms with Crippen molar-refractivity contribution < 1.29 is 24.6 Å². The van der Waals surface area contributed by atoms with Crippen LogP contribution in [-0.2, 0) is 4.79 Å². The number of aromatic carboxylic acids is 2. The Morgan fingerprint density at radius 1 is 0.955 bits per heavy atom. The maximum absolute atomic E-state index is 12.2. The summed E-state index contributed by atoms with van der Waals surface area (Å²) in [5.74, 6) is -3.47. The van der Waals surface area contributed by atoms with Crippen molar-refractivity contribution in [2.45, 2.75) is 39.5 Å². The first-order valence-corrected chi connectivity index (χ1v) is 7.27. The SMILES string of the molecule is CCCC(CCC)C(=O)Nc1cc(C(=O)[O-])cc(C(=O)[O-])c1. The van der Waals surface area contributed by atoms with Crippen molar-refractivity contribution in [2.75, 3.05) is 5.32 Å². The Bertz CT molecular complexity index is 529. The first kappa shape index (κ1) is 17.7. The van der Waals surface area contributed by atoms with Crippen LogP contribution in [-0.4, -0.2) is 17.8 Å². The third-order valence-corrected chi connectivity index (χ3v) is 3.32. The van der Waals surface area contributed by atoms with Gasteiger partial charge in [-0.3, -0.25) is 4.79 Å². The zero-order valence-corrected chi connectivity index (χ0v) is 12.7. The number of amides is 1. The molecule has 0 aromatic heterocycles. The highest BCUT2D eigenvalue weighted by molar-refractivity contribution is 5.98. The molecule has 0 bridgehead atoms. The second kappa shape index (κ2) is 8.17. The molecule has 1 rings (SSSR count). The highest BCUT2D eigenvalue weighted by Gasteiger charge is 2.17. The normalized spacial score (nSPS) is 10.5. The van der Waals surface area contributed by atoms with Gasteiger partial charge < -0.3 is 25.1 Å². The van der Waals surface area contributed by atoms with E-state index in [1.807, 2.05) is 13.8 Å². The summed E-state index contributed by atoms with van der Waals surface area (Å²) in [4.78, 5) is 34.0. The summed E-state index contributed by atoms with van der Waals surface area (Å²) in [6, 6.07) is 3.29. The van der Waals surface area contributed by atoms with E-state index in [9.17, 15) is 24.6 Å². The van der Waals surface area contributed by atoms with E-state index in [2.05, 4.69) is 5.32 Å². The van der Waals surface area contributed by atoms with Gasteiger partial charge in [-0.05, 0) is 42.2 Å². The van der Waals surface area contributed by atoms with E-state index in [0.29, 0.717) is 12.8 Å². The minimum Gasteiger partial charge on any atom is -0.545 e. The number of benzene rings is 1. The molecule has 0 aliphatic heterocycles. The highest BCUT2D eigenvalue weighted by Crippen LogP contribution is 2.19. The maximum atomic E-state index is 12.2. The zero-order chi connectivity index (χ0) is 16.7. The molecule has 1 amide bonds. The summed E-state index contributed by atoms with van der Waals surface area (Å²) in [5.41, 5.74) is -0.526. The van der Waals surface area contributed by atoms with Gasteiger partial charge in [0.25, 0.3) is 0 Å². The van der Waals surface area contributed by atoms with Crippen molar-refractivity contribution in [2.24, 2.45) is 5.92 Å². The lowest BCUT2D eigenvalue weighted by molar-refractivity contribution is -0.255. The van der Waals surface area contributed by atoms with Crippen LogP contribution in [0, 0.1) is 5.92 Å². The fourth-order valence-corrected chi connectivity index (χ4v) is 2.28. The summed E-state index contributed by atoms with van der Waals surface area (Å²) in [6.45, 7) is 3.95. The van der Waals surface area contributed by atoms with Crippen LogP contribution in [0.3, 0.4) is 0 Å². The van der Waals surface area contributed by atoms with E-state index in [1.165, 1.54) is 12.1 Å². The molecule has 0 atom stereocenters. The first-order chi connectivity index (χ1) is 10.4. The number of hydrogen-bond acceptors (Lipinski definition) is 5. The third kappa shape index (κ3) is 4.87. The van der Waals surface area contributed by atoms with E-state index in [-0.39, 0.29) is 28.6 Å². The lowest BCUT2D eigenvalue weighted by Crippen LogP contribution is -2.27. The van der Waals surface area contributed by atoms with Gasteiger partial charge in [-0.1, -0.05) is 26.7 Å². The Hall–Kier alpha value is -2.37. The van der Waals surface area contributed by atoms with Crippen molar-refractivity contribution >= 4 is 23.5 Å². The Morgan fingerprint density at radius 3 is 1.77 bits per heavy atom. The van der Waals surface area contributed by atoms with Gasteiger partial charge >= 0.3 is 0 Å². The first-order valence-electron chi connectivity index (χ1n) is 7.27. The number of hydrogen-bond donors (Lipinski definition) is 1. The summed E-state index contributed by atoms with van der Waals surface area (Å²) < 4.78 is 0. The number of carbonyl (C=O) groups is 3. The zero-order valence-electron chi connectivity index (χ0n) is 12.7. The topological polar surface area (TPSA) is 109 Å². The van der Waals surface area contributed by atoms with Gasteiger partial charge in [0.15, 0.2) is 0 Å². The van der Waals surface area contributed by atoms with Gasteiger partial charge in [0.2, 0.25) is 5.91 Å². The number of carboxylic acid groups (broad SMARTS) is 2. The minimum absolute atomic E-state index is 0.114. The maximum Gasteiger partial charge on any atom is 0.227 e. The molecule has 0 saturated heterocycles. The molecule has 6 nitrogen and oxygen atoms in total. The van der Waals surface area contributed by atoms with Gasteiger partial charge in [0.05, 0.1) is 11.9 Å². The fraction of sp³-hybridized carbons (Fsp3) is 0.438. The summed E-state index contributed by atoms with van der Waals surface area (Å²) in [5, 5.41) is 24.4.